The van der Waals surface area contributed by atoms with Crippen LogP contribution in [0.15, 0.2) is 41.7 Å². The summed E-state index contributed by atoms with van der Waals surface area (Å²) >= 11 is 0. The van der Waals surface area contributed by atoms with Gasteiger partial charge in [-0.2, -0.15) is 10.2 Å². The second kappa shape index (κ2) is 8.94. The lowest BCUT2D eigenvalue weighted by Gasteiger charge is -2.12. The fourth-order valence-corrected chi connectivity index (χ4v) is 3.49. The minimum Gasteiger partial charge on any atom is -0.324 e. The number of carbonyl (C=O) groups excluding carboxylic acids is 2. The fourth-order valence-electron chi connectivity index (χ4n) is 3.49. The van der Waals surface area contributed by atoms with Crippen LogP contribution in [-0.2, 0) is 29.1 Å². The molecule has 1 aliphatic heterocycles. The van der Waals surface area contributed by atoms with E-state index < -0.39 is 6.04 Å². The Morgan fingerprint density at radius 1 is 1.10 bits per heavy atom. The normalized spacial score (nSPS) is 14.4. The van der Waals surface area contributed by atoms with Gasteiger partial charge in [-0.1, -0.05) is 6.42 Å². The van der Waals surface area contributed by atoms with E-state index in [0.717, 1.165) is 31.5 Å². The lowest BCUT2D eigenvalue weighted by Crippen LogP contribution is -2.30. The quantitative estimate of drug-likeness (QED) is 0.612. The van der Waals surface area contributed by atoms with E-state index in [0.29, 0.717) is 17.9 Å². The molecule has 2 amide bonds. The summed E-state index contributed by atoms with van der Waals surface area (Å²) in [6, 6.07) is 6.22. The summed E-state index contributed by atoms with van der Waals surface area (Å²) in [5.74, 6) is 0.170. The summed E-state index contributed by atoms with van der Waals surface area (Å²) in [6.45, 7) is 2.22. The van der Waals surface area contributed by atoms with E-state index in [9.17, 15) is 14.4 Å². The Bertz CT molecular complexity index is 1110. The van der Waals surface area contributed by atoms with Crippen LogP contribution in [0.1, 0.15) is 38.1 Å². The van der Waals surface area contributed by atoms with Crippen molar-refractivity contribution in [3.63, 3.8) is 0 Å². The smallest absolute Gasteiger partial charge is 0.324 e. The monoisotopic (exact) mass is 424 g/mol. The van der Waals surface area contributed by atoms with Gasteiger partial charge in [0.15, 0.2) is 0 Å². The summed E-state index contributed by atoms with van der Waals surface area (Å²) < 4.78 is 4.34. The molecule has 3 heterocycles. The molecule has 3 aromatic rings. The molecule has 31 heavy (non-hydrogen) atoms. The highest BCUT2D eigenvalue weighted by atomic mass is 16.2. The first-order valence-electron chi connectivity index (χ1n) is 10.2. The molecule has 0 saturated heterocycles. The van der Waals surface area contributed by atoms with Gasteiger partial charge in [-0.05, 0) is 44.0 Å². The van der Waals surface area contributed by atoms with Gasteiger partial charge < -0.3 is 10.6 Å². The molecular formula is C20H24N8O3. The van der Waals surface area contributed by atoms with Gasteiger partial charge in [-0.25, -0.2) is 19.1 Å². The van der Waals surface area contributed by atoms with Gasteiger partial charge >= 0.3 is 5.69 Å². The molecule has 11 nitrogen and oxygen atoms in total. The topological polar surface area (TPSA) is 129 Å². The van der Waals surface area contributed by atoms with E-state index in [1.165, 1.54) is 22.0 Å². The third-order valence-corrected chi connectivity index (χ3v) is 5.22. The molecule has 162 valence electrons. The molecule has 4 rings (SSSR count). The van der Waals surface area contributed by atoms with E-state index >= 15 is 0 Å². The molecule has 1 aromatic carbocycles. The van der Waals surface area contributed by atoms with Crippen molar-refractivity contribution in [3.8, 4) is 0 Å². The number of amides is 2. The second-order valence-electron chi connectivity index (χ2n) is 7.48. The Labute approximate surface area is 178 Å². The van der Waals surface area contributed by atoms with Gasteiger partial charge in [0.2, 0.25) is 11.8 Å². The molecule has 0 saturated carbocycles. The lowest BCUT2D eigenvalue weighted by atomic mass is 10.2. The molecule has 0 aliphatic carbocycles. The van der Waals surface area contributed by atoms with Crippen molar-refractivity contribution in [2.75, 3.05) is 10.6 Å². The van der Waals surface area contributed by atoms with E-state index in [1.54, 1.807) is 35.8 Å². The van der Waals surface area contributed by atoms with Crippen LogP contribution in [0.4, 0.5) is 11.4 Å². The zero-order valence-corrected chi connectivity index (χ0v) is 17.2. The molecule has 0 spiro atoms. The molecule has 0 radical (unpaired) electrons. The zero-order chi connectivity index (χ0) is 21.8. The number of nitrogens with one attached hydrogen (secondary N) is 2. The molecule has 0 bridgehead atoms. The molecule has 0 fully saturated rings. The number of rotatable bonds is 6. The molecule has 1 atom stereocenters. The maximum Gasteiger partial charge on any atom is 0.346 e. The van der Waals surface area contributed by atoms with E-state index in [1.807, 2.05) is 0 Å². The van der Waals surface area contributed by atoms with Gasteiger partial charge in [0.25, 0.3) is 0 Å². The lowest BCUT2D eigenvalue weighted by molar-refractivity contribution is -0.119. The number of hydrogen-bond donors (Lipinski definition) is 2. The number of anilines is 2. The Balaban J connectivity index is 1.34. The van der Waals surface area contributed by atoms with E-state index in [2.05, 4.69) is 25.8 Å². The summed E-state index contributed by atoms with van der Waals surface area (Å²) in [4.78, 5) is 41.0. The van der Waals surface area contributed by atoms with Crippen LogP contribution < -0.4 is 16.3 Å². The summed E-state index contributed by atoms with van der Waals surface area (Å²) in [6.07, 6.45) is 6.64. The van der Waals surface area contributed by atoms with Gasteiger partial charge in [-0.3, -0.25) is 14.2 Å². The Kier molecular flexibility index (Phi) is 5.92. The van der Waals surface area contributed by atoms with Crippen LogP contribution in [0.2, 0.25) is 0 Å². The highest BCUT2D eigenvalue weighted by Gasteiger charge is 2.18. The second-order valence-corrected chi connectivity index (χ2v) is 7.48. The molecule has 2 N–H and O–H groups in total. The van der Waals surface area contributed by atoms with Crippen LogP contribution in [0.3, 0.4) is 0 Å². The van der Waals surface area contributed by atoms with E-state index in [-0.39, 0.29) is 24.0 Å². The third-order valence-electron chi connectivity index (χ3n) is 5.22. The first-order chi connectivity index (χ1) is 15.0. The summed E-state index contributed by atoms with van der Waals surface area (Å²) in [5, 5.41) is 13.8. The molecular weight excluding hydrogens is 400 g/mol. The minimum atomic E-state index is -0.509. The predicted octanol–water partition coefficient (Wildman–Crippen LogP) is 1.20. The van der Waals surface area contributed by atoms with Crippen LogP contribution in [-0.4, -0.2) is 40.9 Å². The Morgan fingerprint density at radius 3 is 2.55 bits per heavy atom. The molecule has 1 unspecified atom stereocenters. The number of hydrogen-bond acceptors (Lipinski definition) is 6. The van der Waals surface area contributed by atoms with Gasteiger partial charge in [0, 0.05) is 24.3 Å². The first-order valence-corrected chi connectivity index (χ1v) is 10.2. The number of aromatic nitrogens is 6. The van der Waals surface area contributed by atoms with Gasteiger partial charge in [-0.15, -0.1) is 0 Å². The predicted molar refractivity (Wildman–Crippen MR) is 112 cm³/mol. The Morgan fingerprint density at radius 2 is 1.84 bits per heavy atom. The molecule has 2 aromatic heterocycles. The standard InChI is InChI=1S/C20H24N8O3/c1-14(28-13-21-12-22-28)19(30)24-16-8-6-15(7-9-16)23-18(29)11-27-20(31)26-10-4-2-3-5-17(26)25-27/h6-9,12-14H,2-5,10-11H2,1H3,(H,23,29)(H,24,30). The van der Waals surface area contributed by atoms with Gasteiger partial charge in [0.1, 0.15) is 31.1 Å². The van der Waals surface area contributed by atoms with Crippen molar-refractivity contribution in [1.29, 1.82) is 0 Å². The maximum atomic E-state index is 12.5. The third kappa shape index (κ3) is 4.71. The molecule has 11 heteroatoms. The minimum absolute atomic E-state index is 0.146. The SMILES string of the molecule is CC(C(=O)Nc1ccc(NC(=O)Cn2nc3n(c2=O)CCCCC3)cc1)n1cncn1. The van der Waals surface area contributed by atoms with Crippen LogP contribution in [0.5, 0.6) is 0 Å². The average Bonchev–Trinajstić information content (AvgIpc) is 3.32. The number of benzene rings is 1. The number of aryl methyl sites for hydroxylation is 1. The van der Waals surface area contributed by atoms with Crippen molar-refractivity contribution in [2.45, 2.75) is 51.7 Å². The van der Waals surface area contributed by atoms with Crippen LogP contribution in [0.25, 0.3) is 0 Å². The average molecular weight is 424 g/mol. The highest BCUT2D eigenvalue weighted by molar-refractivity contribution is 5.94. The van der Waals surface area contributed by atoms with Crippen molar-refractivity contribution in [2.24, 2.45) is 0 Å². The van der Waals surface area contributed by atoms with Crippen LogP contribution in [0, 0.1) is 0 Å². The van der Waals surface area contributed by atoms with E-state index in [4.69, 9.17) is 0 Å². The first kappa shape index (κ1) is 20.5. The van der Waals surface area contributed by atoms with Gasteiger partial charge in [0.05, 0.1) is 0 Å². The Hall–Kier alpha value is -3.76. The largest absolute Gasteiger partial charge is 0.346 e. The maximum absolute atomic E-state index is 12.5. The molecule has 1 aliphatic rings. The summed E-state index contributed by atoms with van der Waals surface area (Å²) in [5.41, 5.74) is 0.900. The van der Waals surface area contributed by atoms with Crippen molar-refractivity contribution >= 4 is 23.2 Å². The van der Waals surface area contributed by atoms with Crippen molar-refractivity contribution in [1.82, 2.24) is 29.1 Å². The van der Waals surface area contributed by atoms with Crippen molar-refractivity contribution in [3.05, 3.63) is 53.2 Å². The zero-order valence-electron chi connectivity index (χ0n) is 17.2. The number of nitrogens with zero attached hydrogens (tertiary/aromatic N) is 6. The summed E-state index contributed by atoms with van der Waals surface area (Å²) in [7, 11) is 0. The number of carbonyl (C=O) groups is 2. The van der Waals surface area contributed by atoms with Crippen LogP contribution >= 0.6 is 0 Å². The fraction of sp³-hybridized carbons (Fsp3) is 0.400. The number of fused-ring (bicyclic) bond motifs is 1. The van der Waals surface area contributed by atoms with Crippen molar-refractivity contribution < 1.29 is 9.59 Å². The highest BCUT2D eigenvalue weighted by Crippen LogP contribution is 2.16.